The minimum absolute atomic E-state index is 0.530. The monoisotopic (exact) mass is 224 g/mol. The molecule has 0 radical (unpaired) electrons. The molecule has 88 valence electrons. The Bertz CT molecular complexity index is 456. The van der Waals surface area contributed by atoms with Crippen molar-refractivity contribution in [3.8, 4) is 0 Å². The summed E-state index contributed by atoms with van der Waals surface area (Å²) in [5, 5.41) is 0. The van der Waals surface area contributed by atoms with Gasteiger partial charge in [0.2, 0.25) is 0 Å². The highest BCUT2D eigenvalue weighted by molar-refractivity contribution is 5.34. The fourth-order valence-electron chi connectivity index (χ4n) is 2.38. The fraction of sp³-hybridized carbons (Fsp3) is 0.294. The van der Waals surface area contributed by atoms with E-state index < -0.39 is 0 Å². The Kier molecular flexibility index (Phi) is 3.98. The molecule has 0 N–H and O–H groups in total. The van der Waals surface area contributed by atoms with Crippen molar-refractivity contribution < 1.29 is 0 Å². The number of aryl methyl sites for hydroxylation is 1. The highest BCUT2D eigenvalue weighted by Gasteiger charge is 2.11. The summed E-state index contributed by atoms with van der Waals surface area (Å²) >= 11 is 0. The molecule has 0 fully saturated rings. The third kappa shape index (κ3) is 2.76. The van der Waals surface area contributed by atoms with Gasteiger partial charge in [0.1, 0.15) is 0 Å². The molecule has 0 heterocycles. The van der Waals surface area contributed by atoms with E-state index in [-0.39, 0.29) is 0 Å². The molecule has 0 aliphatic rings. The van der Waals surface area contributed by atoms with Gasteiger partial charge in [0.15, 0.2) is 0 Å². The first kappa shape index (κ1) is 11.9. The van der Waals surface area contributed by atoms with Crippen LogP contribution in [0.2, 0.25) is 0 Å². The van der Waals surface area contributed by atoms with Crippen LogP contribution in [-0.4, -0.2) is 0 Å². The average Bonchev–Trinajstić information content (AvgIpc) is 2.41. The summed E-state index contributed by atoms with van der Waals surface area (Å²) < 4.78 is 0. The van der Waals surface area contributed by atoms with Gasteiger partial charge in [0, 0.05) is 5.92 Å². The molecular formula is C17H20. The van der Waals surface area contributed by atoms with Gasteiger partial charge < -0.3 is 0 Å². The van der Waals surface area contributed by atoms with E-state index in [1.807, 2.05) is 0 Å². The Morgan fingerprint density at radius 1 is 0.824 bits per heavy atom. The summed E-state index contributed by atoms with van der Waals surface area (Å²) in [5.41, 5.74) is 4.29. The minimum Gasteiger partial charge on any atom is -0.0645 e. The second kappa shape index (κ2) is 5.67. The van der Waals surface area contributed by atoms with Crippen LogP contribution in [0, 0.1) is 0 Å². The van der Waals surface area contributed by atoms with E-state index in [1.165, 1.54) is 16.7 Å². The van der Waals surface area contributed by atoms with Crippen LogP contribution in [0.1, 0.15) is 42.9 Å². The predicted octanol–water partition coefficient (Wildman–Crippen LogP) is 4.79. The number of hydrogen-bond acceptors (Lipinski definition) is 0. The molecule has 0 aliphatic carbocycles. The van der Waals surface area contributed by atoms with Gasteiger partial charge in [0.25, 0.3) is 0 Å². The third-order valence-corrected chi connectivity index (χ3v) is 3.37. The third-order valence-electron chi connectivity index (χ3n) is 3.37. The lowest BCUT2D eigenvalue weighted by molar-refractivity contribution is 0.775. The van der Waals surface area contributed by atoms with Crippen LogP contribution in [0.5, 0.6) is 0 Å². The lowest BCUT2D eigenvalue weighted by Crippen LogP contribution is -2.00. The van der Waals surface area contributed by atoms with Crippen molar-refractivity contribution in [1.29, 1.82) is 0 Å². The molecule has 0 nitrogen and oxygen atoms in total. The normalized spacial score (nSPS) is 12.4. The first-order chi connectivity index (χ1) is 8.35. The predicted molar refractivity (Wildman–Crippen MR) is 74.4 cm³/mol. The van der Waals surface area contributed by atoms with Crippen LogP contribution in [-0.2, 0) is 6.42 Å². The van der Waals surface area contributed by atoms with Crippen molar-refractivity contribution in [1.82, 2.24) is 0 Å². The van der Waals surface area contributed by atoms with E-state index in [1.54, 1.807) is 0 Å². The van der Waals surface area contributed by atoms with Gasteiger partial charge >= 0.3 is 0 Å². The Morgan fingerprint density at radius 2 is 1.53 bits per heavy atom. The van der Waals surface area contributed by atoms with Gasteiger partial charge in [0.05, 0.1) is 0 Å². The zero-order chi connectivity index (χ0) is 12.1. The maximum absolute atomic E-state index is 2.35. The van der Waals surface area contributed by atoms with Crippen LogP contribution < -0.4 is 0 Å². The van der Waals surface area contributed by atoms with E-state index in [4.69, 9.17) is 0 Å². The number of benzene rings is 2. The fourth-order valence-corrected chi connectivity index (χ4v) is 2.38. The van der Waals surface area contributed by atoms with Crippen molar-refractivity contribution >= 4 is 0 Å². The molecule has 0 saturated carbocycles. The maximum atomic E-state index is 2.35. The summed E-state index contributed by atoms with van der Waals surface area (Å²) in [6.07, 6.45) is 2.26. The SMILES string of the molecule is CCc1cccc(C(CC)c2ccccc2)c1. The Hall–Kier alpha value is -1.56. The van der Waals surface area contributed by atoms with E-state index >= 15 is 0 Å². The lowest BCUT2D eigenvalue weighted by atomic mass is 9.88. The number of hydrogen-bond donors (Lipinski definition) is 0. The van der Waals surface area contributed by atoms with Crippen LogP contribution >= 0.6 is 0 Å². The van der Waals surface area contributed by atoms with Gasteiger partial charge in [-0.25, -0.2) is 0 Å². The highest BCUT2D eigenvalue weighted by atomic mass is 14.2. The average molecular weight is 224 g/mol. The molecule has 2 aromatic carbocycles. The zero-order valence-electron chi connectivity index (χ0n) is 10.7. The van der Waals surface area contributed by atoms with Crippen LogP contribution in [0.3, 0.4) is 0 Å². The first-order valence-electron chi connectivity index (χ1n) is 6.49. The summed E-state index contributed by atoms with van der Waals surface area (Å²) in [6, 6.07) is 19.8. The van der Waals surface area contributed by atoms with E-state index in [0.29, 0.717) is 5.92 Å². The van der Waals surface area contributed by atoms with E-state index in [2.05, 4.69) is 68.4 Å². The molecule has 2 aromatic rings. The smallest absolute Gasteiger partial charge is 0.00868 e. The van der Waals surface area contributed by atoms with Crippen LogP contribution in [0.15, 0.2) is 54.6 Å². The highest BCUT2D eigenvalue weighted by Crippen LogP contribution is 2.28. The van der Waals surface area contributed by atoms with Crippen molar-refractivity contribution in [3.05, 3.63) is 71.3 Å². The molecule has 0 saturated heterocycles. The Labute approximate surface area is 104 Å². The summed E-state index contributed by atoms with van der Waals surface area (Å²) in [6.45, 7) is 4.47. The van der Waals surface area contributed by atoms with Crippen LogP contribution in [0.4, 0.5) is 0 Å². The standard InChI is InChI=1S/C17H20/c1-3-14-9-8-12-16(13-14)17(4-2)15-10-6-5-7-11-15/h5-13,17H,3-4H2,1-2H3. The van der Waals surface area contributed by atoms with Gasteiger partial charge in [-0.2, -0.15) is 0 Å². The summed E-state index contributed by atoms with van der Waals surface area (Å²) in [7, 11) is 0. The first-order valence-corrected chi connectivity index (χ1v) is 6.49. The zero-order valence-corrected chi connectivity index (χ0v) is 10.7. The van der Waals surface area contributed by atoms with Crippen LogP contribution in [0.25, 0.3) is 0 Å². The molecule has 0 aliphatic heterocycles. The molecule has 0 aromatic heterocycles. The Morgan fingerprint density at radius 3 is 2.18 bits per heavy atom. The van der Waals surface area contributed by atoms with Crippen molar-refractivity contribution in [2.45, 2.75) is 32.6 Å². The number of rotatable bonds is 4. The second-order valence-electron chi connectivity index (χ2n) is 4.47. The molecule has 0 amide bonds. The largest absolute Gasteiger partial charge is 0.0645 e. The van der Waals surface area contributed by atoms with Gasteiger partial charge in [-0.15, -0.1) is 0 Å². The Balaban J connectivity index is 2.35. The molecule has 1 atom stereocenters. The molecule has 0 bridgehead atoms. The van der Waals surface area contributed by atoms with E-state index in [9.17, 15) is 0 Å². The van der Waals surface area contributed by atoms with Gasteiger partial charge in [-0.3, -0.25) is 0 Å². The molecular weight excluding hydrogens is 204 g/mol. The molecule has 0 spiro atoms. The quantitative estimate of drug-likeness (QED) is 0.700. The molecule has 17 heavy (non-hydrogen) atoms. The minimum atomic E-state index is 0.530. The second-order valence-corrected chi connectivity index (χ2v) is 4.47. The van der Waals surface area contributed by atoms with Gasteiger partial charge in [-0.1, -0.05) is 68.4 Å². The molecule has 1 unspecified atom stereocenters. The molecule has 2 rings (SSSR count). The summed E-state index contributed by atoms with van der Waals surface area (Å²) in [4.78, 5) is 0. The van der Waals surface area contributed by atoms with Crippen molar-refractivity contribution in [2.24, 2.45) is 0 Å². The van der Waals surface area contributed by atoms with Crippen molar-refractivity contribution in [2.75, 3.05) is 0 Å². The maximum Gasteiger partial charge on any atom is 0.00868 e. The lowest BCUT2D eigenvalue weighted by Gasteiger charge is -2.16. The van der Waals surface area contributed by atoms with E-state index in [0.717, 1.165) is 12.8 Å². The summed E-state index contributed by atoms with van der Waals surface area (Å²) in [5.74, 6) is 0.530. The topological polar surface area (TPSA) is 0 Å². The van der Waals surface area contributed by atoms with Gasteiger partial charge in [-0.05, 0) is 29.5 Å². The molecule has 0 heteroatoms. The van der Waals surface area contributed by atoms with Crippen molar-refractivity contribution in [3.63, 3.8) is 0 Å².